The van der Waals surface area contributed by atoms with Crippen molar-refractivity contribution in [3.63, 3.8) is 0 Å². The second kappa shape index (κ2) is 6.73. The molecular weight excluding hydrogens is 274 g/mol. The molecule has 0 radical (unpaired) electrons. The number of hydrogen-bond donors (Lipinski definition) is 2. The molecule has 0 aromatic heterocycles. The summed E-state index contributed by atoms with van der Waals surface area (Å²) in [7, 11) is -3.32. The van der Waals surface area contributed by atoms with Crippen LogP contribution in [0.3, 0.4) is 0 Å². The Morgan fingerprint density at radius 2 is 2.05 bits per heavy atom. The van der Waals surface area contributed by atoms with Gasteiger partial charge in [-0.05, 0) is 25.2 Å². The smallest absolute Gasteiger partial charge is 0.280 e. The van der Waals surface area contributed by atoms with Crippen molar-refractivity contribution in [1.29, 1.82) is 0 Å². The van der Waals surface area contributed by atoms with Crippen LogP contribution in [0.5, 0.6) is 0 Å². The fourth-order valence-corrected chi connectivity index (χ4v) is 4.72. The lowest BCUT2D eigenvalue weighted by molar-refractivity contribution is 0.239. The minimum atomic E-state index is -3.32. The van der Waals surface area contributed by atoms with Crippen LogP contribution in [0.1, 0.15) is 52.9 Å². The van der Waals surface area contributed by atoms with Gasteiger partial charge in [0.1, 0.15) is 0 Å². The average molecular weight is 303 g/mol. The minimum Gasteiger partial charge on any atom is -0.313 e. The molecule has 6 heteroatoms. The summed E-state index contributed by atoms with van der Waals surface area (Å²) in [5.41, 5.74) is 0. The molecule has 2 fully saturated rings. The first-order valence-corrected chi connectivity index (χ1v) is 9.40. The maximum atomic E-state index is 12.5. The molecule has 118 valence electrons. The van der Waals surface area contributed by atoms with Crippen LogP contribution in [0.4, 0.5) is 0 Å². The molecule has 2 rings (SSSR count). The lowest BCUT2D eigenvalue weighted by Gasteiger charge is -2.35. The van der Waals surface area contributed by atoms with Crippen LogP contribution in [0.15, 0.2) is 0 Å². The van der Waals surface area contributed by atoms with Gasteiger partial charge in [0.25, 0.3) is 10.2 Å². The molecule has 1 aliphatic carbocycles. The van der Waals surface area contributed by atoms with Gasteiger partial charge in [0, 0.05) is 31.2 Å². The van der Waals surface area contributed by atoms with Crippen molar-refractivity contribution >= 4 is 10.2 Å². The third-order valence-electron chi connectivity index (χ3n) is 4.39. The zero-order valence-electron chi connectivity index (χ0n) is 12.9. The maximum Gasteiger partial charge on any atom is 0.280 e. The van der Waals surface area contributed by atoms with Crippen molar-refractivity contribution in [3.05, 3.63) is 0 Å². The Balaban J connectivity index is 1.95. The highest BCUT2D eigenvalue weighted by atomic mass is 32.2. The third-order valence-corrected chi connectivity index (χ3v) is 6.09. The molecule has 3 atom stereocenters. The topological polar surface area (TPSA) is 61.4 Å². The molecular formula is C14H29N3O2S. The van der Waals surface area contributed by atoms with Gasteiger partial charge in [-0.2, -0.15) is 17.4 Å². The largest absolute Gasteiger partial charge is 0.313 e. The van der Waals surface area contributed by atoms with Crippen molar-refractivity contribution < 1.29 is 8.42 Å². The van der Waals surface area contributed by atoms with Crippen LogP contribution in [0.2, 0.25) is 0 Å². The maximum absolute atomic E-state index is 12.5. The monoisotopic (exact) mass is 303 g/mol. The average Bonchev–Trinajstić information content (AvgIpc) is 3.14. The SMILES string of the molecule is CCC1CC1NS(=O)(=O)N1CCCCC1CNC(C)C. The number of piperidine rings is 1. The van der Waals surface area contributed by atoms with Gasteiger partial charge in [-0.1, -0.05) is 33.6 Å². The third kappa shape index (κ3) is 4.16. The van der Waals surface area contributed by atoms with E-state index in [1.165, 1.54) is 0 Å². The molecule has 2 aliphatic rings. The predicted molar refractivity (Wildman–Crippen MR) is 81.7 cm³/mol. The fraction of sp³-hybridized carbons (Fsp3) is 1.00. The van der Waals surface area contributed by atoms with Gasteiger partial charge in [-0.3, -0.25) is 0 Å². The first kappa shape index (κ1) is 16.2. The molecule has 1 saturated carbocycles. The Morgan fingerprint density at radius 1 is 1.30 bits per heavy atom. The molecule has 3 unspecified atom stereocenters. The molecule has 0 amide bonds. The Morgan fingerprint density at radius 3 is 2.65 bits per heavy atom. The van der Waals surface area contributed by atoms with E-state index in [-0.39, 0.29) is 12.1 Å². The summed E-state index contributed by atoms with van der Waals surface area (Å²) in [6, 6.07) is 0.662. The Kier molecular flexibility index (Phi) is 5.45. The number of hydrogen-bond acceptors (Lipinski definition) is 3. The molecule has 0 aromatic carbocycles. The van der Waals surface area contributed by atoms with Crippen molar-refractivity contribution in [2.75, 3.05) is 13.1 Å². The Labute approximate surface area is 123 Å². The molecule has 0 aromatic rings. The first-order valence-electron chi connectivity index (χ1n) is 7.96. The van der Waals surface area contributed by atoms with E-state index in [0.717, 1.165) is 38.6 Å². The normalized spacial score (nSPS) is 31.7. The van der Waals surface area contributed by atoms with Crippen LogP contribution in [-0.4, -0.2) is 43.9 Å². The predicted octanol–water partition coefficient (Wildman–Crippen LogP) is 1.47. The standard InChI is InChI=1S/C14H29N3O2S/c1-4-12-9-14(12)16-20(18,19)17-8-6-5-7-13(17)10-15-11(2)3/h11-16H,4-10H2,1-3H3. The van der Waals surface area contributed by atoms with Gasteiger partial charge in [-0.25, -0.2) is 0 Å². The van der Waals surface area contributed by atoms with Crippen LogP contribution in [-0.2, 0) is 10.2 Å². The van der Waals surface area contributed by atoms with Gasteiger partial charge < -0.3 is 5.32 Å². The van der Waals surface area contributed by atoms with E-state index in [1.54, 1.807) is 4.31 Å². The van der Waals surface area contributed by atoms with Crippen LogP contribution in [0, 0.1) is 5.92 Å². The Bertz CT molecular complexity index is 411. The van der Waals surface area contributed by atoms with Crippen LogP contribution >= 0.6 is 0 Å². The van der Waals surface area contributed by atoms with E-state index in [9.17, 15) is 8.42 Å². The quantitative estimate of drug-likeness (QED) is 0.749. The zero-order chi connectivity index (χ0) is 14.8. The molecule has 1 saturated heterocycles. The summed E-state index contributed by atoms with van der Waals surface area (Å²) in [6.07, 6.45) is 5.12. The highest BCUT2D eigenvalue weighted by Crippen LogP contribution is 2.34. The van der Waals surface area contributed by atoms with E-state index >= 15 is 0 Å². The van der Waals surface area contributed by atoms with Gasteiger partial charge in [0.15, 0.2) is 0 Å². The second-order valence-electron chi connectivity index (χ2n) is 6.46. The summed E-state index contributed by atoms with van der Waals surface area (Å²) in [5, 5.41) is 3.37. The summed E-state index contributed by atoms with van der Waals surface area (Å²) in [6.45, 7) is 7.71. The second-order valence-corrected chi connectivity index (χ2v) is 8.11. The first-order chi connectivity index (χ1) is 9.44. The van der Waals surface area contributed by atoms with Gasteiger partial charge in [-0.15, -0.1) is 0 Å². The fourth-order valence-electron chi connectivity index (χ4n) is 2.97. The van der Waals surface area contributed by atoms with Gasteiger partial charge in [0.05, 0.1) is 0 Å². The molecule has 0 bridgehead atoms. The highest BCUT2D eigenvalue weighted by molar-refractivity contribution is 7.87. The number of nitrogens with one attached hydrogen (secondary N) is 2. The van der Waals surface area contributed by atoms with E-state index in [4.69, 9.17) is 0 Å². The minimum absolute atomic E-state index is 0.0995. The van der Waals surface area contributed by atoms with Gasteiger partial charge in [0.2, 0.25) is 0 Å². The van der Waals surface area contributed by atoms with E-state index in [0.29, 0.717) is 18.5 Å². The highest BCUT2D eigenvalue weighted by Gasteiger charge is 2.41. The lowest BCUT2D eigenvalue weighted by atomic mass is 10.0. The lowest BCUT2D eigenvalue weighted by Crippen LogP contribution is -2.53. The summed E-state index contributed by atoms with van der Waals surface area (Å²) in [4.78, 5) is 0. The summed E-state index contributed by atoms with van der Waals surface area (Å²) in [5.74, 6) is 0.543. The van der Waals surface area contributed by atoms with Gasteiger partial charge >= 0.3 is 0 Å². The Hall–Kier alpha value is -0.170. The zero-order valence-corrected chi connectivity index (χ0v) is 13.7. The molecule has 1 aliphatic heterocycles. The summed E-state index contributed by atoms with van der Waals surface area (Å²) < 4.78 is 29.7. The number of rotatable bonds is 7. The molecule has 1 heterocycles. The molecule has 2 N–H and O–H groups in total. The van der Waals surface area contributed by atoms with Crippen LogP contribution < -0.4 is 10.0 Å². The molecule has 0 spiro atoms. The van der Waals surface area contributed by atoms with Crippen molar-refractivity contribution in [2.24, 2.45) is 5.92 Å². The molecule has 20 heavy (non-hydrogen) atoms. The number of nitrogens with zero attached hydrogens (tertiary/aromatic N) is 1. The van der Waals surface area contributed by atoms with E-state index in [2.05, 4.69) is 30.8 Å². The van der Waals surface area contributed by atoms with E-state index < -0.39 is 10.2 Å². The van der Waals surface area contributed by atoms with Crippen LogP contribution in [0.25, 0.3) is 0 Å². The summed E-state index contributed by atoms with van der Waals surface area (Å²) >= 11 is 0. The van der Waals surface area contributed by atoms with Crippen molar-refractivity contribution in [3.8, 4) is 0 Å². The molecule has 5 nitrogen and oxygen atoms in total. The van der Waals surface area contributed by atoms with Crippen molar-refractivity contribution in [1.82, 2.24) is 14.3 Å². The van der Waals surface area contributed by atoms with E-state index in [1.807, 2.05) is 0 Å². The van der Waals surface area contributed by atoms with Crippen molar-refractivity contribution in [2.45, 2.75) is 71.0 Å².